The number of aromatic hydroxyl groups is 2. The Kier molecular flexibility index (Phi) is 12.6. The van der Waals surface area contributed by atoms with Crippen LogP contribution in [0.25, 0.3) is 22.3 Å². The lowest BCUT2D eigenvalue weighted by molar-refractivity contribution is -0.352. The molecule has 1 aromatic heterocycles. The molecule has 0 amide bonds. The maximum atomic E-state index is 14.0. The van der Waals surface area contributed by atoms with Crippen LogP contribution in [-0.4, -0.2) is 185 Å². The molecule has 3 aliphatic heterocycles. The maximum Gasteiger partial charge on any atom is 0.239 e. The number of aliphatic hydroxyl groups is 11. The third kappa shape index (κ3) is 7.70. The number of hydrogen-bond donors (Lipinski definition) is 13. The Morgan fingerprint density at radius 1 is 0.625 bits per heavy atom. The highest BCUT2D eigenvalue weighted by atomic mass is 16.7. The lowest BCUT2D eigenvalue weighted by Gasteiger charge is -2.45. The van der Waals surface area contributed by atoms with Gasteiger partial charge in [0.2, 0.25) is 23.8 Å². The molecule has 0 aliphatic carbocycles. The summed E-state index contributed by atoms with van der Waals surface area (Å²) in [5.74, 6) is -2.80. The number of ether oxygens (including phenoxy) is 7. The molecular weight excluding hydrogens is 760 g/mol. The number of phenols is 2. The van der Waals surface area contributed by atoms with Crippen molar-refractivity contribution < 1.29 is 104 Å². The fourth-order valence-electron chi connectivity index (χ4n) is 6.49. The Bertz CT molecular complexity index is 1880. The van der Waals surface area contributed by atoms with Gasteiger partial charge in [-0.3, -0.25) is 4.79 Å². The van der Waals surface area contributed by atoms with Crippen LogP contribution in [0, 0.1) is 0 Å². The molecule has 2 aromatic carbocycles. The van der Waals surface area contributed by atoms with E-state index >= 15 is 0 Å². The third-order valence-corrected chi connectivity index (χ3v) is 9.65. The molecule has 22 nitrogen and oxygen atoms in total. The van der Waals surface area contributed by atoms with E-state index in [0.717, 1.165) is 18.2 Å². The van der Waals surface area contributed by atoms with Crippen molar-refractivity contribution in [1.82, 2.24) is 0 Å². The van der Waals surface area contributed by atoms with Crippen molar-refractivity contribution in [3.05, 3.63) is 40.6 Å². The molecule has 0 radical (unpaired) electrons. The first-order valence-corrected chi connectivity index (χ1v) is 17.1. The minimum atomic E-state index is -2.11. The first kappa shape index (κ1) is 41.7. The first-order valence-electron chi connectivity index (χ1n) is 17.1. The Morgan fingerprint density at radius 3 is 1.77 bits per heavy atom. The number of aliphatic hydroxyl groups excluding tert-OH is 11. The van der Waals surface area contributed by atoms with E-state index in [1.807, 2.05) is 0 Å². The SMILES string of the molecule is COc1cc(O)c2c(=O)c(O[C@@H]3O[C@H](CO)[C@@H](O[C@@H]4O[C@H](CO)[C@@H](O)[C@H](O)[C@H]4O)[C@H](O)[C@H]3O)c(-c3ccc(O[C@@H]4O[C@H](CO)[C@@H](O)[C@H](O)[C@H]4O)c(O)c3)oc2c1. The molecule has 6 rings (SSSR count). The van der Waals surface area contributed by atoms with Gasteiger partial charge >= 0.3 is 0 Å². The highest BCUT2D eigenvalue weighted by Crippen LogP contribution is 2.41. The number of methoxy groups -OCH3 is 1. The second-order valence-corrected chi connectivity index (χ2v) is 13.2. The fraction of sp³-hybridized carbons (Fsp3) is 0.559. The summed E-state index contributed by atoms with van der Waals surface area (Å²) in [5, 5.41) is 134. The van der Waals surface area contributed by atoms with Crippen LogP contribution in [0.15, 0.2) is 39.5 Å². The van der Waals surface area contributed by atoms with E-state index in [9.17, 15) is 71.2 Å². The lowest BCUT2D eigenvalue weighted by atomic mass is 9.97. The molecule has 3 aliphatic rings. The summed E-state index contributed by atoms with van der Waals surface area (Å²) in [6.45, 7) is -2.49. The minimum absolute atomic E-state index is 0.0641. The van der Waals surface area contributed by atoms with Gasteiger partial charge in [0.1, 0.15) is 95.7 Å². The third-order valence-electron chi connectivity index (χ3n) is 9.65. The number of benzene rings is 2. The van der Waals surface area contributed by atoms with Crippen LogP contribution >= 0.6 is 0 Å². The Hall–Kier alpha value is -3.95. The molecular formula is C34H42O22. The average molecular weight is 803 g/mol. The molecule has 0 spiro atoms. The maximum absolute atomic E-state index is 14.0. The monoisotopic (exact) mass is 802 g/mol. The van der Waals surface area contributed by atoms with E-state index in [1.54, 1.807) is 0 Å². The molecule has 4 heterocycles. The standard InChI is InChI=1S/C34H42O22/c1-49-11-5-13(39)19-15(6-11)50-29(10-2-3-14(12(38)4-10)51-32-26(46)23(43)20(40)16(7-35)52-32)31(22(19)42)56-34-28(48)25(45)30(18(9-37)54-34)55-33-27(47)24(44)21(41)17(8-36)53-33/h2-6,16-18,20-21,23-28,30,32-41,43-48H,7-9H2,1H3/t16-,17-,18-,20-,21-,23+,24+,25-,26-,27-,28-,30-,32-,33+,34+/m1/s1. The van der Waals surface area contributed by atoms with E-state index in [-0.39, 0.29) is 22.6 Å². The van der Waals surface area contributed by atoms with Gasteiger partial charge in [0.15, 0.2) is 23.5 Å². The fourth-order valence-corrected chi connectivity index (χ4v) is 6.49. The van der Waals surface area contributed by atoms with Gasteiger partial charge in [-0.1, -0.05) is 0 Å². The van der Waals surface area contributed by atoms with Crippen molar-refractivity contribution in [1.29, 1.82) is 0 Å². The predicted octanol–water partition coefficient (Wildman–Crippen LogP) is -4.94. The van der Waals surface area contributed by atoms with Gasteiger partial charge in [-0.2, -0.15) is 0 Å². The highest BCUT2D eigenvalue weighted by Gasteiger charge is 2.51. The van der Waals surface area contributed by atoms with Gasteiger partial charge in [0, 0.05) is 17.7 Å². The van der Waals surface area contributed by atoms with Crippen LogP contribution in [0.3, 0.4) is 0 Å². The van der Waals surface area contributed by atoms with Crippen LogP contribution in [0.2, 0.25) is 0 Å². The Balaban J connectivity index is 1.33. The van der Waals surface area contributed by atoms with E-state index < -0.39 is 146 Å². The van der Waals surface area contributed by atoms with Crippen molar-refractivity contribution in [2.45, 2.75) is 92.1 Å². The van der Waals surface area contributed by atoms with Crippen molar-refractivity contribution in [3.8, 4) is 40.1 Å². The van der Waals surface area contributed by atoms with Gasteiger partial charge in [-0.05, 0) is 18.2 Å². The zero-order chi connectivity index (χ0) is 40.7. The van der Waals surface area contributed by atoms with Gasteiger partial charge < -0.3 is 104 Å². The van der Waals surface area contributed by atoms with Crippen LogP contribution in [0.1, 0.15) is 0 Å². The normalized spacial score (nSPS) is 36.3. The highest BCUT2D eigenvalue weighted by molar-refractivity contribution is 5.88. The zero-order valence-corrected chi connectivity index (χ0v) is 29.2. The van der Waals surface area contributed by atoms with Gasteiger partial charge in [-0.25, -0.2) is 0 Å². The van der Waals surface area contributed by atoms with Crippen LogP contribution in [0.5, 0.6) is 28.7 Å². The molecule has 15 atom stereocenters. The van der Waals surface area contributed by atoms with Gasteiger partial charge in [-0.15, -0.1) is 0 Å². The first-order chi connectivity index (χ1) is 26.6. The minimum Gasteiger partial charge on any atom is -0.507 e. The van der Waals surface area contributed by atoms with Crippen molar-refractivity contribution in [3.63, 3.8) is 0 Å². The quantitative estimate of drug-likeness (QED) is 0.0863. The van der Waals surface area contributed by atoms with E-state index in [1.165, 1.54) is 19.2 Å². The second kappa shape index (κ2) is 16.9. The zero-order valence-electron chi connectivity index (χ0n) is 29.2. The van der Waals surface area contributed by atoms with E-state index in [0.29, 0.717) is 0 Å². The number of rotatable bonds is 11. The van der Waals surface area contributed by atoms with Crippen LogP contribution in [-0.2, 0) is 18.9 Å². The van der Waals surface area contributed by atoms with E-state index in [4.69, 9.17) is 37.6 Å². The molecule has 22 heteroatoms. The summed E-state index contributed by atoms with van der Waals surface area (Å²) >= 11 is 0. The topological polar surface area (TPSA) is 358 Å². The molecule has 0 bridgehead atoms. The van der Waals surface area contributed by atoms with Gasteiger partial charge in [0.05, 0.1) is 26.9 Å². The van der Waals surface area contributed by atoms with Crippen molar-refractivity contribution in [2.24, 2.45) is 0 Å². The smallest absolute Gasteiger partial charge is 0.239 e. The van der Waals surface area contributed by atoms with Crippen LogP contribution in [0.4, 0.5) is 0 Å². The number of fused-ring (bicyclic) bond motifs is 1. The molecule has 3 saturated heterocycles. The van der Waals surface area contributed by atoms with Crippen molar-refractivity contribution >= 4 is 11.0 Å². The summed E-state index contributed by atoms with van der Waals surface area (Å²) in [4.78, 5) is 14.0. The average Bonchev–Trinajstić information content (AvgIpc) is 3.18. The van der Waals surface area contributed by atoms with Crippen LogP contribution < -0.4 is 19.6 Å². The molecule has 56 heavy (non-hydrogen) atoms. The second-order valence-electron chi connectivity index (χ2n) is 13.2. The molecule has 310 valence electrons. The van der Waals surface area contributed by atoms with Crippen molar-refractivity contribution in [2.75, 3.05) is 26.9 Å². The summed E-state index contributed by atoms with van der Waals surface area (Å²) < 4.78 is 44.3. The molecule has 3 fully saturated rings. The molecule has 0 saturated carbocycles. The summed E-state index contributed by atoms with van der Waals surface area (Å²) in [6.07, 6.45) is -26.5. The van der Waals surface area contributed by atoms with Gasteiger partial charge in [0.25, 0.3) is 0 Å². The largest absolute Gasteiger partial charge is 0.507 e. The van der Waals surface area contributed by atoms with E-state index in [2.05, 4.69) is 0 Å². The summed E-state index contributed by atoms with van der Waals surface area (Å²) in [7, 11) is 1.28. The Morgan fingerprint density at radius 2 is 1.18 bits per heavy atom. The summed E-state index contributed by atoms with van der Waals surface area (Å²) in [6, 6.07) is 5.70. The molecule has 13 N–H and O–H groups in total. The Labute approximate surface area is 314 Å². The number of phenolic OH excluding ortho intramolecular Hbond substituents is 2. The lowest BCUT2D eigenvalue weighted by Crippen LogP contribution is -2.65. The molecule has 3 aromatic rings. The summed E-state index contributed by atoms with van der Waals surface area (Å²) in [5.41, 5.74) is -1.43. The number of hydrogen-bond acceptors (Lipinski definition) is 22. The predicted molar refractivity (Wildman–Crippen MR) is 179 cm³/mol. The molecule has 0 unspecified atom stereocenters.